The molecule has 0 aliphatic heterocycles. The molecule has 38 heavy (non-hydrogen) atoms. The summed E-state index contributed by atoms with van der Waals surface area (Å²) in [6.07, 6.45) is 1.34. The molecule has 202 valence electrons. The molecule has 0 radical (unpaired) electrons. The van der Waals surface area contributed by atoms with Crippen LogP contribution in [0, 0.1) is 0 Å². The maximum atomic E-state index is 13.9. The molecule has 0 unspecified atom stereocenters. The summed E-state index contributed by atoms with van der Waals surface area (Å²) < 4.78 is 29.8. The minimum absolute atomic E-state index is 0.0889. The molecule has 0 spiro atoms. The fraction of sp³-hybridized carbons (Fsp3) is 0.310. The van der Waals surface area contributed by atoms with Crippen LogP contribution in [-0.4, -0.2) is 44.3 Å². The second-order valence-electron chi connectivity index (χ2n) is 8.93. The Morgan fingerprint density at radius 1 is 0.947 bits per heavy atom. The number of para-hydroxylation sites is 1. The van der Waals surface area contributed by atoms with Gasteiger partial charge in [-0.3, -0.25) is 13.9 Å². The van der Waals surface area contributed by atoms with Crippen molar-refractivity contribution in [3.63, 3.8) is 0 Å². The third-order valence-electron chi connectivity index (χ3n) is 6.21. The predicted octanol–water partition coefficient (Wildman–Crippen LogP) is 5.15. The zero-order valence-corrected chi connectivity index (χ0v) is 24.3. The van der Waals surface area contributed by atoms with Crippen molar-refractivity contribution < 1.29 is 18.0 Å². The van der Waals surface area contributed by atoms with Gasteiger partial charge in [0.1, 0.15) is 12.6 Å². The maximum absolute atomic E-state index is 13.9. The number of carbonyl (C=O) groups excluding carboxylic acids is 2. The minimum Gasteiger partial charge on any atom is -0.354 e. The summed E-state index contributed by atoms with van der Waals surface area (Å²) in [4.78, 5) is 28.4. The molecule has 9 heteroatoms. The number of sulfonamides is 1. The van der Waals surface area contributed by atoms with Crippen molar-refractivity contribution in [2.45, 2.75) is 51.1 Å². The van der Waals surface area contributed by atoms with E-state index in [4.69, 9.17) is 0 Å². The van der Waals surface area contributed by atoms with Crippen LogP contribution < -0.4 is 9.62 Å². The number of halogens is 1. The van der Waals surface area contributed by atoms with E-state index in [0.717, 1.165) is 26.3 Å². The number of hydrogen-bond donors (Lipinski definition) is 1. The monoisotopic (exact) mass is 599 g/mol. The minimum atomic E-state index is -4.08. The number of hydrogen-bond acceptors (Lipinski definition) is 4. The van der Waals surface area contributed by atoms with Gasteiger partial charge in [0.2, 0.25) is 11.8 Å². The molecule has 0 aliphatic rings. The van der Waals surface area contributed by atoms with Gasteiger partial charge >= 0.3 is 0 Å². The van der Waals surface area contributed by atoms with Crippen LogP contribution in [0.5, 0.6) is 0 Å². The lowest BCUT2D eigenvalue weighted by molar-refractivity contribution is -0.139. The van der Waals surface area contributed by atoms with Gasteiger partial charge in [0, 0.05) is 17.6 Å². The maximum Gasteiger partial charge on any atom is 0.264 e. The van der Waals surface area contributed by atoms with Gasteiger partial charge in [-0.2, -0.15) is 0 Å². The number of nitrogens with one attached hydrogen (secondary N) is 1. The van der Waals surface area contributed by atoms with Gasteiger partial charge in [-0.25, -0.2) is 8.42 Å². The van der Waals surface area contributed by atoms with E-state index in [9.17, 15) is 18.0 Å². The van der Waals surface area contributed by atoms with Gasteiger partial charge < -0.3 is 10.2 Å². The fourth-order valence-corrected chi connectivity index (χ4v) is 6.02. The molecular formula is C29H34BrN3O4S. The van der Waals surface area contributed by atoms with E-state index in [1.165, 1.54) is 17.0 Å². The van der Waals surface area contributed by atoms with Crippen LogP contribution in [-0.2, 0) is 32.6 Å². The second kappa shape index (κ2) is 13.6. The number of benzene rings is 3. The smallest absolute Gasteiger partial charge is 0.264 e. The zero-order chi connectivity index (χ0) is 27.7. The van der Waals surface area contributed by atoms with Gasteiger partial charge in [0.05, 0.1) is 10.6 Å². The van der Waals surface area contributed by atoms with Crippen molar-refractivity contribution in [3.8, 4) is 0 Å². The van der Waals surface area contributed by atoms with Crippen LogP contribution in [0.15, 0.2) is 88.2 Å². The quantitative estimate of drug-likeness (QED) is 0.312. The van der Waals surface area contributed by atoms with Crippen molar-refractivity contribution in [1.82, 2.24) is 10.2 Å². The van der Waals surface area contributed by atoms with Gasteiger partial charge in [-0.05, 0) is 61.2 Å². The predicted molar refractivity (Wildman–Crippen MR) is 154 cm³/mol. The molecule has 0 saturated carbocycles. The Morgan fingerprint density at radius 2 is 1.63 bits per heavy atom. The highest BCUT2D eigenvalue weighted by molar-refractivity contribution is 9.10. The molecule has 0 saturated heterocycles. The average molecular weight is 601 g/mol. The third-order valence-corrected chi connectivity index (χ3v) is 8.48. The van der Waals surface area contributed by atoms with Gasteiger partial charge in [-0.15, -0.1) is 0 Å². The van der Waals surface area contributed by atoms with Gasteiger partial charge in [0.25, 0.3) is 10.0 Å². The number of aryl methyl sites for hydroxylation is 1. The summed E-state index contributed by atoms with van der Waals surface area (Å²) in [6.45, 7) is 5.74. The highest BCUT2D eigenvalue weighted by atomic mass is 79.9. The molecule has 0 aromatic heterocycles. The summed E-state index contributed by atoms with van der Waals surface area (Å²) in [5, 5.41) is 2.85. The SMILES string of the molecule is CCCNC(=O)[C@@H](C)N(Cc1cccc(Br)c1)C(=O)CN(c1ccccc1CC)S(=O)(=O)c1ccccc1. The Hall–Kier alpha value is -3.17. The molecule has 0 bridgehead atoms. The molecule has 0 heterocycles. The summed E-state index contributed by atoms with van der Waals surface area (Å²) in [5.74, 6) is -0.767. The fourth-order valence-electron chi connectivity index (χ4n) is 4.10. The van der Waals surface area contributed by atoms with Crippen molar-refractivity contribution in [2.75, 3.05) is 17.4 Å². The lowest BCUT2D eigenvalue weighted by atomic mass is 10.1. The largest absolute Gasteiger partial charge is 0.354 e. The lowest BCUT2D eigenvalue weighted by Crippen LogP contribution is -2.51. The van der Waals surface area contributed by atoms with Crippen molar-refractivity contribution in [3.05, 3.63) is 94.5 Å². The normalized spacial score (nSPS) is 12.0. The molecule has 0 fully saturated rings. The Kier molecular flexibility index (Phi) is 10.5. The number of carbonyl (C=O) groups is 2. The van der Waals surface area contributed by atoms with Crippen LogP contribution in [0.1, 0.15) is 38.3 Å². The van der Waals surface area contributed by atoms with Crippen molar-refractivity contribution >= 4 is 43.5 Å². The first-order chi connectivity index (χ1) is 18.2. The molecule has 0 aliphatic carbocycles. The zero-order valence-electron chi connectivity index (χ0n) is 21.9. The van der Waals surface area contributed by atoms with E-state index in [0.29, 0.717) is 18.7 Å². The molecule has 3 aromatic rings. The van der Waals surface area contributed by atoms with E-state index in [1.54, 1.807) is 37.3 Å². The molecule has 7 nitrogen and oxygen atoms in total. The van der Waals surface area contributed by atoms with Crippen LogP contribution in [0.3, 0.4) is 0 Å². The number of amides is 2. The highest BCUT2D eigenvalue weighted by Gasteiger charge is 2.33. The van der Waals surface area contributed by atoms with E-state index in [-0.39, 0.29) is 17.3 Å². The standard InChI is InChI=1S/C29H34BrN3O4S/c1-4-18-31-29(35)22(3)32(20-23-12-11-14-25(30)19-23)28(34)21-33(27-17-10-9-13-24(27)5-2)38(36,37)26-15-7-6-8-16-26/h6-17,19,22H,4-5,18,20-21H2,1-3H3,(H,31,35)/t22-/m1/s1. The summed E-state index contributed by atoms with van der Waals surface area (Å²) in [7, 11) is -4.08. The molecule has 3 rings (SSSR count). The number of rotatable bonds is 12. The first-order valence-corrected chi connectivity index (χ1v) is 14.9. The average Bonchev–Trinajstić information content (AvgIpc) is 2.93. The molecule has 1 atom stereocenters. The summed E-state index contributed by atoms with van der Waals surface area (Å²) in [5.41, 5.74) is 2.05. The third kappa shape index (κ3) is 7.23. The number of anilines is 1. The Morgan fingerprint density at radius 3 is 2.29 bits per heavy atom. The van der Waals surface area contributed by atoms with Gasteiger partial charge in [-0.1, -0.05) is 78.3 Å². The van der Waals surface area contributed by atoms with E-state index < -0.39 is 28.5 Å². The molecule has 3 aromatic carbocycles. The highest BCUT2D eigenvalue weighted by Crippen LogP contribution is 2.28. The lowest BCUT2D eigenvalue weighted by Gasteiger charge is -2.32. The van der Waals surface area contributed by atoms with E-state index in [1.807, 2.05) is 50.2 Å². The second-order valence-corrected chi connectivity index (χ2v) is 11.7. The molecule has 1 N–H and O–H groups in total. The number of nitrogens with zero attached hydrogens (tertiary/aromatic N) is 2. The van der Waals surface area contributed by atoms with Gasteiger partial charge in [0.15, 0.2) is 0 Å². The Labute approximate surface area is 234 Å². The van der Waals surface area contributed by atoms with E-state index >= 15 is 0 Å². The topological polar surface area (TPSA) is 86.8 Å². The van der Waals surface area contributed by atoms with Crippen LogP contribution >= 0.6 is 15.9 Å². The Bertz CT molecular complexity index is 1350. The van der Waals surface area contributed by atoms with Crippen molar-refractivity contribution in [1.29, 1.82) is 0 Å². The summed E-state index contributed by atoms with van der Waals surface area (Å²) in [6, 6.07) is 21.9. The Balaban J connectivity index is 2.04. The van der Waals surface area contributed by atoms with Crippen molar-refractivity contribution in [2.24, 2.45) is 0 Å². The first kappa shape index (κ1) is 29.4. The van der Waals surface area contributed by atoms with Crippen LogP contribution in [0.4, 0.5) is 5.69 Å². The molecular weight excluding hydrogens is 566 g/mol. The van der Waals surface area contributed by atoms with Crippen LogP contribution in [0.2, 0.25) is 0 Å². The summed E-state index contributed by atoms with van der Waals surface area (Å²) >= 11 is 3.46. The van der Waals surface area contributed by atoms with Crippen LogP contribution in [0.25, 0.3) is 0 Å². The molecule has 2 amide bonds. The first-order valence-electron chi connectivity index (χ1n) is 12.7. The van der Waals surface area contributed by atoms with E-state index in [2.05, 4.69) is 21.2 Å².